The van der Waals surface area contributed by atoms with Crippen molar-refractivity contribution in [2.24, 2.45) is 0 Å². The van der Waals surface area contributed by atoms with E-state index < -0.39 is 17.6 Å². The maximum Gasteiger partial charge on any atom is 0.344 e. The van der Waals surface area contributed by atoms with Gasteiger partial charge in [-0.05, 0) is 26.0 Å². The van der Waals surface area contributed by atoms with Gasteiger partial charge in [0, 0.05) is 11.3 Å². The third-order valence-corrected chi connectivity index (χ3v) is 3.37. The van der Waals surface area contributed by atoms with Crippen LogP contribution in [0.25, 0.3) is 0 Å². The van der Waals surface area contributed by atoms with Gasteiger partial charge in [-0.15, -0.1) is 0 Å². The monoisotopic (exact) mass is 325 g/mol. The number of nitrogens with zero attached hydrogens (tertiary/aromatic N) is 2. The minimum Gasteiger partial charge on any atom is -0.444 e. The van der Waals surface area contributed by atoms with Crippen molar-refractivity contribution < 1.29 is 14.1 Å². The summed E-state index contributed by atoms with van der Waals surface area (Å²) in [5.41, 5.74) is 0.730. The molecule has 7 heteroatoms. The van der Waals surface area contributed by atoms with Crippen LogP contribution in [0.5, 0.6) is 0 Å². The second-order valence-corrected chi connectivity index (χ2v) is 5.26. The first-order valence-electron chi connectivity index (χ1n) is 7.30. The van der Waals surface area contributed by atoms with Crippen molar-refractivity contribution in [3.8, 4) is 0 Å². The van der Waals surface area contributed by atoms with Crippen LogP contribution in [0, 0.1) is 13.8 Å². The number of H-pyrrole nitrogens is 1. The average molecular weight is 325 g/mol. The van der Waals surface area contributed by atoms with Gasteiger partial charge in [0.15, 0.2) is 5.82 Å². The molecule has 0 unspecified atom stereocenters. The second-order valence-electron chi connectivity index (χ2n) is 5.26. The second kappa shape index (κ2) is 6.49. The van der Waals surface area contributed by atoms with Crippen LogP contribution < -0.4 is 5.56 Å². The number of ether oxygens (including phenoxy) is 1. The minimum atomic E-state index is -0.888. The summed E-state index contributed by atoms with van der Waals surface area (Å²) in [7, 11) is 0. The topological polar surface area (TPSA) is 98.1 Å². The molecular weight excluding hydrogens is 310 g/mol. The van der Waals surface area contributed by atoms with E-state index >= 15 is 0 Å². The summed E-state index contributed by atoms with van der Waals surface area (Å²) in [6, 6.07) is 12.1. The summed E-state index contributed by atoms with van der Waals surface area (Å²) in [5, 5.41) is 3.73. The van der Waals surface area contributed by atoms with Crippen LogP contribution in [0.3, 0.4) is 0 Å². The quantitative estimate of drug-likeness (QED) is 0.739. The Kier molecular flexibility index (Phi) is 4.24. The van der Waals surface area contributed by atoms with Crippen molar-refractivity contribution in [3.63, 3.8) is 0 Å². The first kappa shape index (κ1) is 15.7. The summed E-state index contributed by atoms with van der Waals surface area (Å²) in [6.45, 7) is 3.39. The van der Waals surface area contributed by atoms with E-state index in [0.29, 0.717) is 17.1 Å². The predicted octanol–water partition coefficient (Wildman–Crippen LogP) is 2.32. The third-order valence-electron chi connectivity index (χ3n) is 3.37. The normalized spacial score (nSPS) is 11.9. The van der Waals surface area contributed by atoms with Crippen LogP contribution in [-0.2, 0) is 4.74 Å². The number of aromatic amines is 1. The van der Waals surface area contributed by atoms with Crippen molar-refractivity contribution in [2.75, 3.05) is 0 Å². The zero-order valence-corrected chi connectivity index (χ0v) is 13.1. The van der Waals surface area contributed by atoms with Gasteiger partial charge < -0.3 is 14.2 Å². The van der Waals surface area contributed by atoms with Gasteiger partial charge >= 0.3 is 5.97 Å². The van der Waals surface area contributed by atoms with E-state index in [4.69, 9.17) is 9.26 Å². The molecule has 1 aromatic carbocycles. The van der Waals surface area contributed by atoms with Gasteiger partial charge in [0.05, 0.1) is 0 Å². The van der Waals surface area contributed by atoms with E-state index in [1.54, 1.807) is 44.2 Å². The summed E-state index contributed by atoms with van der Waals surface area (Å²) in [4.78, 5) is 31.0. The van der Waals surface area contributed by atoms with E-state index in [2.05, 4.69) is 15.1 Å². The standard InChI is InChI=1S/C17H15N3O4/c1-10-8-9-13(15(21)18-10)17(22)23-14(12-6-4-3-5-7-12)16-19-11(2)20-24-16/h3-9,14H,1-2H3,(H,18,21)/t14-/m1/s1. The van der Waals surface area contributed by atoms with E-state index in [1.807, 2.05) is 6.07 Å². The minimum absolute atomic E-state index is 0.0854. The highest BCUT2D eigenvalue weighted by Gasteiger charge is 2.26. The fourth-order valence-electron chi connectivity index (χ4n) is 2.21. The Hall–Kier alpha value is -3.22. The van der Waals surface area contributed by atoms with Gasteiger partial charge in [-0.2, -0.15) is 4.98 Å². The number of carbonyl (C=O) groups excluding carboxylic acids is 1. The van der Waals surface area contributed by atoms with Gasteiger partial charge in [0.1, 0.15) is 5.56 Å². The molecule has 0 bridgehead atoms. The highest BCUT2D eigenvalue weighted by molar-refractivity contribution is 5.89. The first-order valence-corrected chi connectivity index (χ1v) is 7.30. The maximum absolute atomic E-state index is 12.4. The van der Waals surface area contributed by atoms with Crippen molar-refractivity contribution in [1.82, 2.24) is 15.1 Å². The van der Waals surface area contributed by atoms with Gasteiger partial charge in [0.25, 0.3) is 11.4 Å². The molecule has 0 amide bonds. The molecule has 0 aliphatic carbocycles. The number of hydrogen-bond acceptors (Lipinski definition) is 6. The van der Waals surface area contributed by atoms with Crippen molar-refractivity contribution in [2.45, 2.75) is 20.0 Å². The number of benzene rings is 1. The Balaban J connectivity index is 1.95. The van der Waals surface area contributed by atoms with Crippen LogP contribution in [0.15, 0.2) is 51.8 Å². The highest BCUT2D eigenvalue weighted by atomic mass is 16.6. The molecule has 1 atom stereocenters. The third kappa shape index (κ3) is 3.24. The Bertz CT molecular complexity index is 915. The number of esters is 1. The van der Waals surface area contributed by atoms with Crippen LogP contribution >= 0.6 is 0 Å². The molecule has 2 aromatic heterocycles. The van der Waals surface area contributed by atoms with E-state index in [1.165, 1.54) is 6.07 Å². The lowest BCUT2D eigenvalue weighted by Crippen LogP contribution is -2.22. The summed E-state index contributed by atoms with van der Waals surface area (Å²) < 4.78 is 10.6. The lowest BCUT2D eigenvalue weighted by atomic mass is 10.1. The number of aromatic nitrogens is 3. The fourth-order valence-corrected chi connectivity index (χ4v) is 2.21. The number of aryl methyl sites for hydroxylation is 2. The molecule has 0 saturated carbocycles. The molecule has 2 heterocycles. The molecule has 122 valence electrons. The van der Waals surface area contributed by atoms with Crippen molar-refractivity contribution in [1.29, 1.82) is 0 Å². The average Bonchev–Trinajstić information content (AvgIpc) is 2.99. The van der Waals surface area contributed by atoms with Gasteiger partial charge in [0.2, 0.25) is 6.10 Å². The number of carbonyl (C=O) groups is 1. The Morgan fingerprint density at radius 3 is 2.54 bits per heavy atom. The molecule has 7 nitrogen and oxygen atoms in total. The van der Waals surface area contributed by atoms with Crippen LogP contribution in [-0.4, -0.2) is 21.1 Å². The SMILES string of the molecule is Cc1noc([C@H](OC(=O)c2ccc(C)[nH]c2=O)c2ccccc2)n1. The summed E-state index contributed by atoms with van der Waals surface area (Å²) in [5.74, 6) is -0.188. The zero-order valence-electron chi connectivity index (χ0n) is 13.1. The molecule has 0 aliphatic heterocycles. The molecule has 1 N–H and O–H groups in total. The van der Waals surface area contributed by atoms with Crippen LogP contribution in [0.4, 0.5) is 0 Å². The summed E-state index contributed by atoms with van der Waals surface area (Å²) >= 11 is 0. The number of hydrogen-bond donors (Lipinski definition) is 1. The van der Waals surface area contributed by atoms with Crippen LogP contribution in [0.2, 0.25) is 0 Å². The number of pyridine rings is 1. The van der Waals surface area contributed by atoms with E-state index in [9.17, 15) is 9.59 Å². The molecule has 3 aromatic rings. The van der Waals surface area contributed by atoms with E-state index in [-0.39, 0.29) is 11.5 Å². The molecule has 0 fully saturated rings. The van der Waals surface area contributed by atoms with Gasteiger partial charge in [-0.1, -0.05) is 35.5 Å². The van der Waals surface area contributed by atoms with Crippen molar-refractivity contribution >= 4 is 5.97 Å². The number of nitrogens with one attached hydrogen (secondary N) is 1. The molecule has 0 aliphatic rings. The Morgan fingerprint density at radius 2 is 1.92 bits per heavy atom. The molecule has 3 rings (SSSR count). The molecule has 0 radical (unpaired) electrons. The molecular formula is C17H15N3O4. The zero-order chi connectivity index (χ0) is 17.1. The van der Waals surface area contributed by atoms with Crippen molar-refractivity contribution in [3.05, 3.63) is 81.4 Å². The summed E-state index contributed by atoms with van der Waals surface area (Å²) in [6.07, 6.45) is -0.888. The highest BCUT2D eigenvalue weighted by Crippen LogP contribution is 2.25. The molecule has 24 heavy (non-hydrogen) atoms. The lowest BCUT2D eigenvalue weighted by molar-refractivity contribution is 0.0312. The first-order chi connectivity index (χ1) is 11.5. The predicted molar refractivity (Wildman–Crippen MR) is 84.5 cm³/mol. The Morgan fingerprint density at radius 1 is 1.17 bits per heavy atom. The Labute approximate surface area is 137 Å². The molecule has 0 saturated heterocycles. The lowest BCUT2D eigenvalue weighted by Gasteiger charge is -2.14. The van der Waals surface area contributed by atoms with Gasteiger partial charge in [-0.3, -0.25) is 4.79 Å². The van der Waals surface area contributed by atoms with E-state index in [0.717, 1.165) is 0 Å². The smallest absolute Gasteiger partial charge is 0.344 e. The van der Waals surface area contributed by atoms with Gasteiger partial charge in [-0.25, -0.2) is 4.79 Å². The number of rotatable bonds is 4. The van der Waals surface area contributed by atoms with Crippen LogP contribution in [0.1, 0.15) is 39.4 Å². The maximum atomic E-state index is 12.4. The molecule has 0 spiro atoms. The fraction of sp³-hybridized carbons (Fsp3) is 0.176. The largest absolute Gasteiger partial charge is 0.444 e.